The maximum absolute atomic E-state index is 12.9. The van der Waals surface area contributed by atoms with Crippen LogP contribution in [0.4, 0.5) is 4.39 Å². The Hall–Kier alpha value is -1.67. The van der Waals surface area contributed by atoms with Gasteiger partial charge in [-0.3, -0.25) is 0 Å². The zero-order valence-electron chi connectivity index (χ0n) is 9.67. The lowest BCUT2D eigenvalue weighted by atomic mass is 10.2. The molecule has 0 saturated heterocycles. The van der Waals surface area contributed by atoms with Crippen LogP contribution in [0, 0.1) is 5.82 Å². The number of nitrogens with zero attached hydrogens (tertiary/aromatic N) is 1. The van der Waals surface area contributed by atoms with Crippen molar-refractivity contribution in [3.05, 3.63) is 30.1 Å². The summed E-state index contributed by atoms with van der Waals surface area (Å²) >= 11 is 0. The van der Waals surface area contributed by atoms with Crippen LogP contribution in [0.25, 0.3) is 0 Å². The van der Waals surface area contributed by atoms with E-state index in [0.717, 1.165) is 12.1 Å². The number of oxime groups is 1. The molecule has 0 fully saturated rings. The molecule has 0 heterocycles. The third kappa shape index (κ3) is 3.97. The third-order valence-electron chi connectivity index (χ3n) is 2.11. The van der Waals surface area contributed by atoms with E-state index in [1.807, 2.05) is 0 Å². The first-order valence-electron chi connectivity index (χ1n) is 5.09. The molecule has 6 nitrogen and oxygen atoms in total. The first-order valence-corrected chi connectivity index (χ1v) is 6.58. The highest BCUT2D eigenvalue weighted by atomic mass is 32.2. The summed E-state index contributed by atoms with van der Waals surface area (Å²) in [5.74, 6) is -0.730. The molecule has 0 amide bonds. The molecule has 1 atom stereocenters. The van der Waals surface area contributed by atoms with Crippen molar-refractivity contribution in [2.75, 3.05) is 0 Å². The average Bonchev–Trinajstić information content (AvgIpc) is 2.28. The van der Waals surface area contributed by atoms with Crippen LogP contribution in [0.1, 0.15) is 13.3 Å². The third-order valence-corrected chi connectivity index (χ3v) is 3.69. The van der Waals surface area contributed by atoms with Crippen molar-refractivity contribution in [3.63, 3.8) is 0 Å². The molecule has 0 aromatic heterocycles. The van der Waals surface area contributed by atoms with E-state index in [1.165, 1.54) is 12.1 Å². The van der Waals surface area contributed by atoms with Gasteiger partial charge < -0.3 is 10.9 Å². The Morgan fingerprint density at radius 2 is 2.28 bits per heavy atom. The van der Waals surface area contributed by atoms with E-state index >= 15 is 0 Å². The molecule has 0 bridgehead atoms. The molecule has 0 radical (unpaired) electrons. The second-order valence-electron chi connectivity index (χ2n) is 3.78. The van der Waals surface area contributed by atoms with Crippen LogP contribution in [0.15, 0.2) is 34.3 Å². The van der Waals surface area contributed by atoms with Crippen LogP contribution in [0.2, 0.25) is 0 Å². The predicted octanol–water partition coefficient (Wildman–Crippen LogP) is 0.629. The van der Waals surface area contributed by atoms with Crippen LogP contribution < -0.4 is 10.5 Å². The number of hydrogen-bond donors (Lipinski definition) is 3. The van der Waals surface area contributed by atoms with E-state index in [1.54, 1.807) is 6.92 Å². The molecule has 18 heavy (non-hydrogen) atoms. The minimum absolute atomic E-state index is 0.0467. The minimum atomic E-state index is -3.82. The molecule has 4 N–H and O–H groups in total. The van der Waals surface area contributed by atoms with Gasteiger partial charge in [-0.15, -0.1) is 0 Å². The van der Waals surface area contributed by atoms with Crippen molar-refractivity contribution < 1.29 is 18.0 Å². The van der Waals surface area contributed by atoms with Crippen molar-refractivity contribution in [2.24, 2.45) is 10.9 Å². The molecular weight excluding hydrogens is 261 g/mol. The van der Waals surface area contributed by atoms with E-state index in [4.69, 9.17) is 10.9 Å². The van der Waals surface area contributed by atoms with Crippen molar-refractivity contribution in [1.29, 1.82) is 0 Å². The van der Waals surface area contributed by atoms with Gasteiger partial charge in [-0.05, 0) is 25.1 Å². The second kappa shape index (κ2) is 5.78. The number of rotatable bonds is 5. The topological polar surface area (TPSA) is 105 Å². The Kier molecular flexibility index (Phi) is 4.62. The average molecular weight is 275 g/mol. The Balaban J connectivity index is 2.83. The molecule has 8 heteroatoms. The quantitative estimate of drug-likeness (QED) is 0.317. The van der Waals surface area contributed by atoms with Gasteiger partial charge in [0.15, 0.2) is 0 Å². The first-order chi connectivity index (χ1) is 8.35. The monoisotopic (exact) mass is 275 g/mol. The fraction of sp³-hybridized carbons (Fsp3) is 0.300. The summed E-state index contributed by atoms with van der Waals surface area (Å²) in [6.07, 6.45) is 0.0467. The molecular formula is C10H14FN3O3S. The molecule has 0 aliphatic rings. The number of benzene rings is 1. The van der Waals surface area contributed by atoms with Gasteiger partial charge in [0.2, 0.25) is 10.0 Å². The standard InChI is InChI=1S/C10H14FN3O3S/c1-7(5-10(12)13-15)14-18(16,17)9-4-2-3-8(11)6-9/h2-4,6-7,14-15H,5H2,1H3,(H2,12,13). The van der Waals surface area contributed by atoms with Crippen LogP contribution in [0.5, 0.6) is 0 Å². The molecule has 0 aliphatic heterocycles. The van der Waals surface area contributed by atoms with E-state index in [0.29, 0.717) is 0 Å². The largest absolute Gasteiger partial charge is 0.409 e. The highest BCUT2D eigenvalue weighted by molar-refractivity contribution is 7.89. The molecule has 0 spiro atoms. The van der Waals surface area contributed by atoms with E-state index in [9.17, 15) is 12.8 Å². The SMILES string of the molecule is CC(CC(N)=NO)NS(=O)(=O)c1cccc(F)c1. The molecule has 1 aromatic rings. The normalized spacial score (nSPS) is 14.4. The van der Waals surface area contributed by atoms with Crippen LogP contribution in [-0.2, 0) is 10.0 Å². The van der Waals surface area contributed by atoms with Gasteiger partial charge in [-0.25, -0.2) is 17.5 Å². The summed E-state index contributed by atoms with van der Waals surface area (Å²) in [4.78, 5) is -0.172. The highest BCUT2D eigenvalue weighted by Gasteiger charge is 2.18. The van der Waals surface area contributed by atoms with Gasteiger partial charge in [-0.1, -0.05) is 11.2 Å². The van der Waals surface area contributed by atoms with Gasteiger partial charge in [0.05, 0.1) is 4.90 Å². The van der Waals surface area contributed by atoms with Gasteiger partial charge in [-0.2, -0.15) is 0 Å². The van der Waals surface area contributed by atoms with Crippen LogP contribution in [0.3, 0.4) is 0 Å². The lowest BCUT2D eigenvalue weighted by Crippen LogP contribution is -2.35. The Bertz CT molecular complexity index is 545. The summed E-state index contributed by atoms with van der Waals surface area (Å²) in [5.41, 5.74) is 5.26. The molecule has 1 rings (SSSR count). The van der Waals surface area contributed by atoms with E-state index in [-0.39, 0.29) is 17.2 Å². The summed E-state index contributed by atoms with van der Waals surface area (Å²) in [5, 5.41) is 11.1. The summed E-state index contributed by atoms with van der Waals surface area (Å²) in [6, 6.07) is 4.08. The summed E-state index contributed by atoms with van der Waals surface area (Å²) in [6.45, 7) is 1.55. The van der Waals surface area contributed by atoms with Gasteiger partial charge >= 0.3 is 0 Å². The highest BCUT2D eigenvalue weighted by Crippen LogP contribution is 2.11. The number of amidine groups is 1. The lowest BCUT2D eigenvalue weighted by molar-refractivity contribution is 0.316. The first kappa shape index (κ1) is 14.4. The number of halogens is 1. The molecule has 100 valence electrons. The fourth-order valence-corrected chi connectivity index (χ4v) is 2.64. The maximum atomic E-state index is 12.9. The summed E-state index contributed by atoms with van der Waals surface area (Å²) < 4.78 is 38.9. The Labute approximate surface area is 104 Å². The van der Waals surface area contributed by atoms with Crippen molar-refractivity contribution >= 4 is 15.9 Å². The van der Waals surface area contributed by atoms with Crippen molar-refractivity contribution in [3.8, 4) is 0 Å². The van der Waals surface area contributed by atoms with Crippen molar-refractivity contribution in [2.45, 2.75) is 24.3 Å². The van der Waals surface area contributed by atoms with Crippen LogP contribution >= 0.6 is 0 Å². The second-order valence-corrected chi connectivity index (χ2v) is 5.49. The van der Waals surface area contributed by atoms with E-state index < -0.39 is 21.9 Å². The number of nitrogens with one attached hydrogen (secondary N) is 1. The van der Waals surface area contributed by atoms with Crippen LogP contribution in [-0.4, -0.2) is 25.5 Å². The zero-order chi connectivity index (χ0) is 13.8. The van der Waals surface area contributed by atoms with E-state index in [2.05, 4.69) is 9.88 Å². The predicted molar refractivity (Wildman–Crippen MR) is 64.2 cm³/mol. The molecule has 0 aliphatic carbocycles. The Morgan fingerprint density at radius 1 is 1.61 bits per heavy atom. The number of nitrogens with two attached hydrogens (primary N) is 1. The molecule has 1 unspecified atom stereocenters. The number of hydrogen-bond acceptors (Lipinski definition) is 4. The van der Waals surface area contributed by atoms with Crippen molar-refractivity contribution in [1.82, 2.24) is 4.72 Å². The molecule has 0 saturated carbocycles. The van der Waals surface area contributed by atoms with Gasteiger partial charge in [0.1, 0.15) is 11.7 Å². The molecule has 1 aromatic carbocycles. The smallest absolute Gasteiger partial charge is 0.240 e. The van der Waals surface area contributed by atoms with Gasteiger partial charge in [0, 0.05) is 12.5 Å². The summed E-state index contributed by atoms with van der Waals surface area (Å²) in [7, 11) is -3.82. The lowest BCUT2D eigenvalue weighted by Gasteiger charge is -2.13. The number of sulfonamides is 1. The fourth-order valence-electron chi connectivity index (χ4n) is 1.36. The maximum Gasteiger partial charge on any atom is 0.240 e. The zero-order valence-corrected chi connectivity index (χ0v) is 10.5. The van der Waals surface area contributed by atoms with Gasteiger partial charge in [0.25, 0.3) is 0 Å². The Morgan fingerprint density at radius 3 is 2.83 bits per heavy atom. The minimum Gasteiger partial charge on any atom is -0.409 e.